The van der Waals surface area contributed by atoms with Crippen LogP contribution in [-0.2, 0) is 17.9 Å². The van der Waals surface area contributed by atoms with Gasteiger partial charge >= 0.3 is 0 Å². The lowest BCUT2D eigenvalue weighted by atomic mass is 10.2. The molecule has 0 heterocycles. The van der Waals surface area contributed by atoms with Gasteiger partial charge in [-0.15, -0.1) is 0 Å². The molecule has 4 heteroatoms. The summed E-state index contributed by atoms with van der Waals surface area (Å²) in [7, 11) is 0. The number of halogens is 2. The van der Waals surface area contributed by atoms with Gasteiger partial charge in [-0.3, -0.25) is 0 Å². The van der Waals surface area contributed by atoms with Crippen molar-refractivity contribution in [2.75, 3.05) is 13.2 Å². The molecule has 0 saturated carbocycles. The number of ether oxygens (including phenoxy) is 1. The number of rotatable bonds is 8. The van der Waals surface area contributed by atoms with Gasteiger partial charge in [0.2, 0.25) is 0 Å². The minimum Gasteiger partial charge on any atom is -0.377 e. The number of benzene rings is 2. The third kappa shape index (κ3) is 6.02. The van der Waals surface area contributed by atoms with Gasteiger partial charge in [0, 0.05) is 19.2 Å². The van der Waals surface area contributed by atoms with E-state index >= 15 is 0 Å². The van der Waals surface area contributed by atoms with Crippen molar-refractivity contribution >= 4 is 0 Å². The van der Waals surface area contributed by atoms with Crippen LogP contribution in [0.25, 0.3) is 0 Å². The van der Waals surface area contributed by atoms with E-state index in [9.17, 15) is 8.78 Å². The molecular formula is C17H19F2NO. The van der Waals surface area contributed by atoms with Gasteiger partial charge in [0.05, 0.1) is 6.61 Å². The van der Waals surface area contributed by atoms with Crippen molar-refractivity contribution in [3.05, 3.63) is 71.3 Å². The summed E-state index contributed by atoms with van der Waals surface area (Å²) in [4.78, 5) is 0. The predicted molar refractivity (Wildman–Crippen MR) is 78.8 cm³/mol. The molecule has 0 spiro atoms. The zero-order valence-corrected chi connectivity index (χ0v) is 11.8. The minimum absolute atomic E-state index is 0.230. The second-order valence-electron chi connectivity index (χ2n) is 4.85. The van der Waals surface area contributed by atoms with Gasteiger partial charge in [-0.05, 0) is 36.2 Å². The van der Waals surface area contributed by atoms with Gasteiger partial charge in [0.1, 0.15) is 11.6 Å². The van der Waals surface area contributed by atoms with Gasteiger partial charge in [-0.2, -0.15) is 0 Å². The average Bonchev–Trinajstić information content (AvgIpc) is 2.46. The molecule has 0 saturated heterocycles. The molecule has 0 bridgehead atoms. The highest BCUT2D eigenvalue weighted by Crippen LogP contribution is 2.09. The SMILES string of the molecule is Fc1cc(F)cc(COCCCNCc2ccccc2)c1. The molecule has 2 aromatic carbocycles. The highest BCUT2D eigenvalue weighted by Gasteiger charge is 2.00. The second-order valence-corrected chi connectivity index (χ2v) is 4.85. The molecule has 2 aromatic rings. The molecule has 0 amide bonds. The zero-order valence-electron chi connectivity index (χ0n) is 11.8. The molecular weight excluding hydrogens is 272 g/mol. The Bertz CT molecular complexity index is 525. The standard InChI is InChI=1S/C17H19F2NO/c18-16-9-15(10-17(19)11-16)13-21-8-4-7-20-12-14-5-2-1-3-6-14/h1-3,5-6,9-11,20H,4,7-8,12-13H2. The van der Waals surface area contributed by atoms with E-state index in [0.717, 1.165) is 25.6 Å². The monoisotopic (exact) mass is 291 g/mol. The fourth-order valence-corrected chi connectivity index (χ4v) is 2.01. The second kappa shape index (κ2) is 8.49. The van der Waals surface area contributed by atoms with Crippen molar-refractivity contribution in [3.8, 4) is 0 Å². The molecule has 0 atom stereocenters. The molecule has 0 aliphatic heterocycles. The third-order valence-corrected chi connectivity index (χ3v) is 3.01. The molecule has 1 N–H and O–H groups in total. The Morgan fingerprint density at radius 1 is 0.905 bits per heavy atom. The van der Waals surface area contributed by atoms with Gasteiger partial charge in [-0.25, -0.2) is 8.78 Å². The predicted octanol–water partition coefficient (Wildman–Crippen LogP) is 3.66. The molecule has 0 aromatic heterocycles. The van der Waals surface area contributed by atoms with Gasteiger partial charge < -0.3 is 10.1 Å². The van der Waals surface area contributed by atoms with Gasteiger partial charge in [-0.1, -0.05) is 30.3 Å². The van der Waals surface area contributed by atoms with Gasteiger partial charge in [0.25, 0.3) is 0 Å². The average molecular weight is 291 g/mol. The highest BCUT2D eigenvalue weighted by atomic mass is 19.1. The maximum absolute atomic E-state index is 13.0. The first-order valence-electron chi connectivity index (χ1n) is 7.01. The number of nitrogens with one attached hydrogen (secondary N) is 1. The molecule has 2 nitrogen and oxygen atoms in total. The first kappa shape index (κ1) is 15.6. The van der Waals surface area contributed by atoms with E-state index in [4.69, 9.17) is 4.74 Å². The van der Waals surface area contributed by atoms with Gasteiger partial charge in [0.15, 0.2) is 0 Å². The van der Waals surface area contributed by atoms with E-state index in [0.29, 0.717) is 12.2 Å². The first-order chi connectivity index (χ1) is 10.2. The Morgan fingerprint density at radius 3 is 2.33 bits per heavy atom. The van der Waals surface area contributed by atoms with Crippen LogP contribution in [-0.4, -0.2) is 13.2 Å². The number of hydrogen-bond donors (Lipinski definition) is 1. The van der Waals surface area contributed by atoms with E-state index < -0.39 is 11.6 Å². The maximum Gasteiger partial charge on any atom is 0.126 e. The molecule has 0 unspecified atom stereocenters. The van der Waals surface area contributed by atoms with Crippen molar-refractivity contribution in [2.45, 2.75) is 19.6 Å². The van der Waals surface area contributed by atoms with E-state index in [1.54, 1.807) is 0 Å². The summed E-state index contributed by atoms with van der Waals surface area (Å²) in [5.41, 5.74) is 1.76. The van der Waals surface area contributed by atoms with Crippen molar-refractivity contribution in [1.82, 2.24) is 5.32 Å². The van der Waals surface area contributed by atoms with Crippen LogP contribution >= 0.6 is 0 Å². The Kier molecular flexibility index (Phi) is 6.31. The third-order valence-electron chi connectivity index (χ3n) is 3.01. The lowest BCUT2D eigenvalue weighted by molar-refractivity contribution is 0.118. The van der Waals surface area contributed by atoms with Crippen molar-refractivity contribution in [1.29, 1.82) is 0 Å². The Labute approximate surface area is 123 Å². The fourth-order valence-electron chi connectivity index (χ4n) is 2.01. The van der Waals surface area contributed by atoms with Crippen molar-refractivity contribution < 1.29 is 13.5 Å². The highest BCUT2D eigenvalue weighted by molar-refractivity contribution is 5.17. The first-order valence-corrected chi connectivity index (χ1v) is 7.01. The summed E-state index contributed by atoms with van der Waals surface area (Å²) in [6.07, 6.45) is 0.852. The summed E-state index contributed by atoms with van der Waals surface area (Å²) in [6, 6.07) is 13.6. The van der Waals surface area contributed by atoms with Crippen LogP contribution in [0, 0.1) is 11.6 Å². The van der Waals surface area contributed by atoms with Crippen LogP contribution in [0.5, 0.6) is 0 Å². The molecule has 2 rings (SSSR count). The fraction of sp³-hybridized carbons (Fsp3) is 0.294. The Balaban J connectivity index is 1.56. The molecule has 112 valence electrons. The molecule has 0 radical (unpaired) electrons. The summed E-state index contributed by atoms with van der Waals surface area (Å²) >= 11 is 0. The number of hydrogen-bond acceptors (Lipinski definition) is 2. The van der Waals surface area contributed by atoms with Crippen LogP contribution in [0.15, 0.2) is 48.5 Å². The van der Waals surface area contributed by atoms with Crippen LogP contribution in [0.3, 0.4) is 0 Å². The molecule has 0 aliphatic carbocycles. The zero-order chi connectivity index (χ0) is 14.9. The summed E-state index contributed by atoms with van der Waals surface area (Å²) in [5, 5.41) is 3.32. The Morgan fingerprint density at radius 2 is 1.62 bits per heavy atom. The smallest absolute Gasteiger partial charge is 0.126 e. The summed E-state index contributed by atoms with van der Waals surface area (Å²) in [6.45, 7) is 2.45. The lowest BCUT2D eigenvalue weighted by Crippen LogP contribution is -2.16. The van der Waals surface area contributed by atoms with E-state index in [1.165, 1.54) is 17.7 Å². The largest absolute Gasteiger partial charge is 0.377 e. The summed E-state index contributed by atoms with van der Waals surface area (Å²) < 4.78 is 31.3. The van der Waals surface area contributed by atoms with Crippen LogP contribution < -0.4 is 5.32 Å². The maximum atomic E-state index is 13.0. The van der Waals surface area contributed by atoms with Crippen LogP contribution in [0.1, 0.15) is 17.5 Å². The normalized spacial score (nSPS) is 10.8. The molecule has 21 heavy (non-hydrogen) atoms. The topological polar surface area (TPSA) is 21.3 Å². The summed E-state index contributed by atoms with van der Waals surface area (Å²) in [5.74, 6) is -1.14. The van der Waals surface area contributed by atoms with E-state index in [2.05, 4.69) is 17.4 Å². The minimum atomic E-state index is -0.571. The van der Waals surface area contributed by atoms with Crippen LogP contribution in [0.4, 0.5) is 8.78 Å². The van der Waals surface area contributed by atoms with E-state index in [1.807, 2.05) is 18.2 Å². The Hall–Kier alpha value is -1.78. The quantitative estimate of drug-likeness (QED) is 0.749. The molecule has 0 aliphatic rings. The van der Waals surface area contributed by atoms with Crippen LogP contribution in [0.2, 0.25) is 0 Å². The van der Waals surface area contributed by atoms with E-state index in [-0.39, 0.29) is 6.61 Å². The van der Waals surface area contributed by atoms with Crippen molar-refractivity contribution in [3.63, 3.8) is 0 Å². The van der Waals surface area contributed by atoms with Crippen molar-refractivity contribution in [2.24, 2.45) is 0 Å². The molecule has 0 fully saturated rings. The lowest BCUT2D eigenvalue weighted by Gasteiger charge is -2.06.